The first-order valence-corrected chi connectivity index (χ1v) is 13.5. The van der Waals surface area contributed by atoms with Crippen molar-refractivity contribution in [3.8, 4) is 34.1 Å². The molecule has 0 saturated carbocycles. The second-order valence-electron chi connectivity index (χ2n) is 9.55. The molecule has 39 heavy (non-hydrogen) atoms. The van der Waals surface area contributed by atoms with Crippen LogP contribution in [0.2, 0.25) is 0 Å². The number of benzene rings is 4. The fourth-order valence-electron chi connectivity index (χ4n) is 5.89. The monoisotopic (exact) mass is 520 g/mol. The van der Waals surface area contributed by atoms with Crippen LogP contribution in [0.25, 0.3) is 22.6 Å². The van der Waals surface area contributed by atoms with Crippen molar-refractivity contribution in [2.45, 2.75) is 15.2 Å². The summed E-state index contributed by atoms with van der Waals surface area (Å²) in [5.41, 5.74) is 7.10. The van der Waals surface area contributed by atoms with Gasteiger partial charge in [-0.15, -0.1) is 0 Å². The van der Waals surface area contributed by atoms with Crippen molar-refractivity contribution < 1.29 is 4.74 Å². The van der Waals surface area contributed by atoms with Gasteiger partial charge in [-0.1, -0.05) is 78.5 Å². The molecule has 0 radical (unpaired) electrons. The second kappa shape index (κ2) is 8.61. The first-order valence-electron chi connectivity index (χ1n) is 12.7. The molecule has 1 spiro atoms. The molecule has 0 amide bonds. The summed E-state index contributed by atoms with van der Waals surface area (Å²) in [5.74, 6) is 2.26. The molecule has 4 aromatic carbocycles. The molecule has 1 atom stereocenters. The highest BCUT2D eigenvalue weighted by molar-refractivity contribution is 7.99. The van der Waals surface area contributed by atoms with E-state index in [2.05, 4.69) is 105 Å². The maximum Gasteiger partial charge on any atom is 0.162 e. The molecule has 0 N–H and O–H groups in total. The molecular weight excluding hydrogens is 500 g/mol. The lowest BCUT2D eigenvalue weighted by atomic mass is 9.63. The van der Waals surface area contributed by atoms with Crippen LogP contribution in [0.15, 0.2) is 132 Å². The van der Waals surface area contributed by atoms with Gasteiger partial charge >= 0.3 is 0 Å². The lowest BCUT2D eigenvalue weighted by Gasteiger charge is -2.45. The minimum Gasteiger partial charge on any atom is -0.457 e. The van der Waals surface area contributed by atoms with Gasteiger partial charge in [0.2, 0.25) is 0 Å². The zero-order chi connectivity index (χ0) is 25.8. The number of pyridine rings is 1. The van der Waals surface area contributed by atoms with Crippen molar-refractivity contribution in [3.63, 3.8) is 0 Å². The van der Waals surface area contributed by atoms with Crippen molar-refractivity contribution in [3.05, 3.63) is 144 Å². The summed E-state index contributed by atoms with van der Waals surface area (Å²) in [6.45, 7) is 0. The van der Waals surface area contributed by atoms with Gasteiger partial charge in [0.05, 0.1) is 11.1 Å². The molecule has 0 fully saturated rings. The van der Waals surface area contributed by atoms with E-state index in [1.54, 1.807) is 0 Å². The minimum atomic E-state index is -0.554. The molecule has 0 aliphatic carbocycles. The van der Waals surface area contributed by atoms with E-state index in [0.29, 0.717) is 5.82 Å². The Hall–Kier alpha value is -4.81. The van der Waals surface area contributed by atoms with Crippen molar-refractivity contribution in [2.24, 2.45) is 0 Å². The van der Waals surface area contributed by atoms with E-state index in [1.807, 2.05) is 36.2 Å². The number of hydrogen-bond donors (Lipinski definition) is 0. The summed E-state index contributed by atoms with van der Waals surface area (Å²) in [7, 11) is 0. The first kappa shape index (κ1) is 22.2. The lowest BCUT2D eigenvalue weighted by Crippen LogP contribution is -2.36. The second-order valence-corrected chi connectivity index (χ2v) is 10.6. The third kappa shape index (κ3) is 3.28. The number of ether oxygens (including phenoxy) is 1. The molecule has 8 rings (SSSR count). The summed E-state index contributed by atoms with van der Waals surface area (Å²) in [4.78, 5) is 19.8. The van der Waals surface area contributed by atoms with E-state index in [0.717, 1.165) is 39.4 Å². The summed E-state index contributed by atoms with van der Waals surface area (Å²) in [5, 5.41) is 0. The molecule has 4 heterocycles. The largest absolute Gasteiger partial charge is 0.457 e. The van der Waals surface area contributed by atoms with Gasteiger partial charge in [0.15, 0.2) is 5.82 Å². The predicted molar refractivity (Wildman–Crippen MR) is 151 cm³/mol. The summed E-state index contributed by atoms with van der Waals surface area (Å²) in [6, 6.07) is 36.2. The number of rotatable bonds is 2. The minimum absolute atomic E-state index is 0.554. The van der Waals surface area contributed by atoms with Crippen LogP contribution in [0.3, 0.4) is 0 Å². The standard InChI is InChI=1S/C33H20N4OS/c1-3-10-28-23(7-1)33(24-14-13-22(17-29(24)38-28)32-36-19-34-20-37-32)25-8-2-4-11-30(25)39-31-18-21(12-15-26(31)33)27-9-5-6-16-35-27/h1-20H. The highest BCUT2D eigenvalue weighted by atomic mass is 32.2. The van der Waals surface area contributed by atoms with Crippen molar-refractivity contribution >= 4 is 11.8 Å². The van der Waals surface area contributed by atoms with E-state index in [9.17, 15) is 0 Å². The Morgan fingerprint density at radius 1 is 0.564 bits per heavy atom. The van der Waals surface area contributed by atoms with E-state index in [-0.39, 0.29) is 0 Å². The van der Waals surface area contributed by atoms with Crippen LogP contribution in [0, 0.1) is 0 Å². The van der Waals surface area contributed by atoms with E-state index in [1.165, 1.54) is 33.6 Å². The highest BCUT2D eigenvalue weighted by Gasteiger charge is 2.49. The fourth-order valence-corrected chi connectivity index (χ4v) is 7.12. The predicted octanol–water partition coefficient (Wildman–Crippen LogP) is 7.55. The van der Waals surface area contributed by atoms with Gasteiger partial charge in [-0.25, -0.2) is 15.0 Å². The SMILES string of the molecule is c1ccc(-c2ccc3c(c2)Sc2ccccc2C32c3ccccc3Oc3cc(-c4ncncn4)ccc32)nc1. The Morgan fingerprint density at radius 2 is 1.28 bits per heavy atom. The summed E-state index contributed by atoms with van der Waals surface area (Å²) < 4.78 is 6.60. The van der Waals surface area contributed by atoms with Crippen LogP contribution >= 0.6 is 11.8 Å². The van der Waals surface area contributed by atoms with Gasteiger partial charge in [0.25, 0.3) is 0 Å². The van der Waals surface area contributed by atoms with Crippen LogP contribution in [-0.4, -0.2) is 19.9 Å². The van der Waals surface area contributed by atoms with Gasteiger partial charge in [-0.3, -0.25) is 4.98 Å². The van der Waals surface area contributed by atoms with Gasteiger partial charge < -0.3 is 4.74 Å². The first-order chi connectivity index (χ1) is 19.3. The van der Waals surface area contributed by atoms with Crippen molar-refractivity contribution in [1.29, 1.82) is 0 Å². The Balaban J connectivity index is 1.44. The number of aromatic nitrogens is 4. The molecular formula is C33H20N4OS. The Bertz CT molecular complexity index is 1740. The quantitative estimate of drug-likeness (QED) is 0.234. The third-order valence-corrected chi connectivity index (χ3v) is 8.64. The van der Waals surface area contributed by atoms with E-state index < -0.39 is 5.41 Å². The number of hydrogen-bond acceptors (Lipinski definition) is 6. The molecule has 0 bridgehead atoms. The van der Waals surface area contributed by atoms with Crippen LogP contribution < -0.4 is 4.74 Å². The molecule has 6 heteroatoms. The van der Waals surface area contributed by atoms with Gasteiger partial charge in [0.1, 0.15) is 24.2 Å². The van der Waals surface area contributed by atoms with Gasteiger partial charge in [-0.05, 0) is 47.5 Å². The smallest absolute Gasteiger partial charge is 0.162 e. The number of para-hydroxylation sites is 1. The zero-order valence-electron chi connectivity index (χ0n) is 20.7. The van der Waals surface area contributed by atoms with Crippen LogP contribution in [0.4, 0.5) is 0 Å². The Labute approximate surface area is 229 Å². The third-order valence-electron chi connectivity index (χ3n) is 7.51. The summed E-state index contributed by atoms with van der Waals surface area (Å²) in [6.07, 6.45) is 4.88. The molecule has 2 aliphatic heterocycles. The molecule has 2 aromatic heterocycles. The number of nitrogens with zero attached hydrogens (tertiary/aromatic N) is 4. The molecule has 2 aliphatic rings. The Morgan fingerprint density at radius 3 is 2.15 bits per heavy atom. The average Bonchev–Trinajstić information content (AvgIpc) is 3.01. The average molecular weight is 521 g/mol. The Kier molecular flexibility index (Phi) is 4.90. The molecule has 184 valence electrons. The molecule has 1 unspecified atom stereocenters. The topological polar surface area (TPSA) is 60.8 Å². The molecule has 6 aromatic rings. The maximum absolute atomic E-state index is 6.60. The fraction of sp³-hybridized carbons (Fsp3) is 0.0303. The molecule has 0 saturated heterocycles. The maximum atomic E-state index is 6.60. The van der Waals surface area contributed by atoms with Crippen molar-refractivity contribution in [1.82, 2.24) is 19.9 Å². The van der Waals surface area contributed by atoms with Crippen molar-refractivity contribution in [2.75, 3.05) is 0 Å². The highest BCUT2D eigenvalue weighted by Crippen LogP contribution is 2.61. The van der Waals surface area contributed by atoms with E-state index in [4.69, 9.17) is 4.74 Å². The molecule has 5 nitrogen and oxygen atoms in total. The van der Waals surface area contributed by atoms with E-state index >= 15 is 0 Å². The normalized spacial score (nSPS) is 16.4. The summed E-state index contributed by atoms with van der Waals surface area (Å²) >= 11 is 1.81. The zero-order valence-corrected chi connectivity index (χ0v) is 21.5. The van der Waals surface area contributed by atoms with Crippen LogP contribution in [0.1, 0.15) is 22.3 Å². The van der Waals surface area contributed by atoms with Crippen LogP contribution in [0.5, 0.6) is 11.5 Å². The lowest BCUT2D eigenvalue weighted by molar-refractivity contribution is 0.431. The van der Waals surface area contributed by atoms with Crippen LogP contribution in [-0.2, 0) is 5.41 Å². The van der Waals surface area contributed by atoms with Gasteiger partial charge in [-0.2, -0.15) is 0 Å². The number of fused-ring (bicyclic) bond motifs is 8. The van der Waals surface area contributed by atoms with Gasteiger partial charge in [0, 0.05) is 38.2 Å².